The molecule has 0 spiro atoms. The topological polar surface area (TPSA) is 105 Å². The van der Waals surface area contributed by atoms with Gasteiger partial charge in [0.2, 0.25) is 0 Å². The van der Waals surface area contributed by atoms with Crippen LogP contribution in [0.4, 0.5) is 4.39 Å². The lowest BCUT2D eigenvalue weighted by molar-refractivity contribution is -0.139. The fraction of sp³-hybridized carbons (Fsp3) is 0.240. The Labute approximate surface area is 209 Å². The number of Topliss-reactive ketones (excluding diaryl/α,β-unsaturated/α-hetero) is 1. The Kier molecular flexibility index (Phi) is 6.93. The van der Waals surface area contributed by atoms with Crippen LogP contribution in [-0.2, 0) is 16.1 Å². The fourth-order valence-corrected chi connectivity index (χ4v) is 4.56. The first kappa shape index (κ1) is 24.5. The number of aromatic hydroxyl groups is 1. The number of aliphatic hydroxyl groups is 1. The molecule has 0 aliphatic carbocycles. The second-order valence-electron chi connectivity index (χ2n) is 8.16. The number of likely N-dealkylation sites (tertiary alicyclic amines) is 1. The SMILES string of the molecule is COc1cc(C2C(=C(O)c3ccc(C)c(F)c3)C(=O)C(=O)N2CCCn2ccnc2)cc(Br)c1O. The van der Waals surface area contributed by atoms with Gasteiger partial charge in [-0.25, -0.2) is 9.37 Å². The van der Waals surface area contributed by atoms with Gasteiger partial charge in [-0.1, -0.05) is 12.1 Å². The zero-order valence-corrected chi connectivity index (χ0v) is 20.6. The van der Waals surface area contributed by atoms with Gasteiger partial charge >= 0.3 is 0 Å². The van der Waals surface area contributed by atoms with Crippen LogP contribution in [-0.4, -0.2) is 50.0 Å². The maximum atomic E-state index is 14.2. The summed E-state index contributed by atoms with van der Waals surface area (Å²) in [5.74, 6) is -2.70. The molecule has 1 aliphatic rings. The second kappa shape index (κ2) is 9.91. The van der Waals surface area contributed by atoms with Crippen LogP contribution in [0, 0.1) is 12.7 Å². The average molecular weight is 544 g/mol. The first-order valence-electron chi connectivity index (χ1n) is 10.8. The summed E-state index contributed by atoms with van der Waals surface area (Å²) in [6, 6.07) is 6.18. The summed E-state index contributed by atoms with van der Waals surface area (Å²) in [6.45, 7) is 2.34. The predicted molar refractivity (Wildman–Crippen MR) is 129 cm³/mol. The lowest BCUT2D eigenvalue weighted by Gasteiger charge is -2.26. The Balaban J connectivity index is 1.82. The molecule has 2 heterocycles. The van der Waals surface area contributed by atoms with Crippen molar-refractivity contribution < 1.29 is 28.9 Å². The van der Waals surface area contributed by atoms with Crippen LogP contribution in [0.1, 0.15) is 29.2 Å². The van der Waals surface area contributed by atoms with Gasteiger partial charge in [0.25, 0.3) is 11.7 Å². The van der Waals surface area contributed by atoms with E-state index < -0.39 is 29.3 Å². The third-order valence-corrected chi connectivity index (χ3v) is 6.55. The van der Waals surface area contributed by atoms with E-state index in [1.165, 1.54) is 30.2 Å². The van der Waals surface area contributed by atoms with E-state index in [1.54, 1.807) is 31.7 Å². The molecular formula is C25H23BrFN3O5. The number of nitrogens with zero attached hydrogens (tertiary/aromatic N) is 3. The Bertz CT molecular complexity index is 1320. The van der Waals surface area contributed by atoms with Gasteiger partial charge in [-0.3, -0.25) is 9.59 Å². The quantitative estimate of drug-likeness (QED) is 0.261. The maximum Gasteiger partial charge on any atom is 0.295 e. The van der Waals surface area contributed by atoms with E-state index in [0.29, 0.717) is 24.1 Å². The Hall–Kier alpha value is -3.66. The molecule has 1 fully saturated rings. The molecule has 10 heteroatoms. The molecule has 0 bridgehead atoms. The number of aromatic nitrogens is 2. The number of hydrogen-bond donors (Lipinski definition) is 2. The number of aryl methyl sites for hydroxylation is 2. The number of benzene rings is 2. The number of ketones is 1. The molecule has 1 aromatic heterocycles. The number of amides is 1. The van der Waals surface area contributed by atoms with E-state index in [0.717, 1.165) is 6.07 Å². The number of aliphatic hydroxyl groups excluding tert-OH is 1. The van der Waals surface area contributed by atoms with Gasteiger partial charge in [0, 0.05) is 31.0 Å². The van der Waals surface area contributed by atoms with E-state index in [1.807, 2.05) is 4.57 Å². The van der Waals surface area contributed by atoms with Gasteiger partial charge in [0.1, 0.15) is 11.6 Å². The minimum absolute atomic E-state index is 0.0827. The fourth-order valence-electron chi connectivity index (χ4n) is 4.10. The molecule has 4 rings (SSSR count). The first-order chi connectivity index (χ1) is 16.7. The van der Waals surface area contributed by atoms with E-state index >= 15 is 0 Å². The van der Waals surface area contributed by atoms with Crippen LogP contribution in [0.2, 0.25) is 0 Å². The number of carbonyl (C=O) groups is 2. The van der Waals surface area contributed by atoms with Crippen molar-refractivity contribution in [3.8, 4) is 11.5 Å². The molecule has 2 N–H and O–H groups in total. The van der Waals surface area contributed by atoms with E-state index in [-0.39, 0.29) is 33.7 Å². The van der Waals surface area contributed by atoms with Crippen molar-refractivity contribution in [3.05, 3.63) is 81.6 Å². The molecule has 1 aliphatic heterocycles. The molecule has 0 radical (unpaired) electrons. The van der Waals surface area contributed by atoms with Crippen LogP contribution in [0.5, 0.6) is 11.5 Å². The van der Waals surface area contributed by atoms with Crippen LogP contribution >= 0.6 is 15.9 Å². The molecule has 3 aromatic rings. The highest BCUT2D eigenvalue weighted by atomic mass is 79.9. The summed E-state index contributed by atoms with van der Waals surface area (Å²) >= 11 is 3.28. The largest absolute Gasteiger partial charge is 0.507 e. The van der Waals surface area contributed by atoms with Crippen molar-refractivity contribution in [2.24, 2.45) is 0 Å². The highest BCUT2D eigenvalue weighted by Crippen LogP contribution is 2.44. The molecule has 2 aromatic carbocycles. The average Bonchev–Trinajstić information content (AvgIpc) is 3.44. The number of phenolic OH excluding ortho intramolecular Hbond substituents is 1. The summed E-state index contributed by atoms with van der Waals surface area (Å²) in [5.41, 5.74) is 0.729. The summed E-state index contributed by atoms with van der Waals surface area (Å²) in [6.07, 6.45) is 5.60. The maximum absolute atomic E-state index is 14.2. The minimum atomic E-state index is -0.979. The van der Waals surface area contributed by atoms with E-state index in [9.17, 15) is 24.2 Å². The van der Waals surface area contributed by atoms with Crippen LogP contribution in [0.3, 0.4) is 0 Å². The third kappa shape index (κ3) is 4.66. The third-order valence-electron chi connectivity index (χ3n) is 5.95. The first-order valence-corrected chi connectivity index (χ1v) is 11.6. The van der Waals surface area contributed by atoms with Crippen molar-refractivity contribution in [1.82, 2.24) is 14.5 Å². The second-order valence-corrected chi connectivity index (χ2v) is 9.02. The summed E-state index contributed by atoms with van der Waals surface area (Å²) in [5, 5.41) is 21.4. The standard InChI is InChI=1S/C25H23BrFN3O5/c1-14-4-5-15(11-18(14)27)22(31)20-21(16-10-17(26)23(32)19(12-16)35-2)30(25(34)24(20)33)8-3-7-29-9-6-28-13-29/h4-6,9-13,21,31-32H,3,7-8H2,1-2H3. The summed E-state index contributed by atoms with van der Waals surface area (Å²) in [7, 11) is 1.38. The molecule has 1 saturated heterocycles. The molecule has 0 saturated carbocycles. The smallest absolute Gasteiger partial charge is 0.295 e. The van der Waals surface area contributed by atoms with Crippen molar-refractivity contribution in [2.75, 3.05) is 13.7 Å². The highest BCUT2D eigenvalue weighted by Gasteiger charge is 2.46. The lowest BCUT2D eigenvalue weighted by Crippen LogP contribution is -2.31. The zero-order valence-electron chi connectivity index (χ0n) is 19.0. The van der Waals surface area contributed by atoms with Crippen molar-refractivity contribution in [1.29, 1.82) is 0 Å². The zero-order chi connectivity index (χ0) is 25.3. The van der Waals surface area contributed by atoms with Crippen LogP contribution in [0.25, 0.3) is 5.76 Å². The van der Waals surface area contributed by atoms with E-state index in [4.69, 9.17) is 4.74 Å². The Morgan fingerprint density at radius 3 is 2.66 bits per heavy atom. The van der Waals surface area contributed by atoms with Gasteiger partial charge in [-0.05, 0) is 58.6 Å². The van der Waals surface area contributed by atoms with Crippen LogP contribution < -0.4 is 4.74 Å². The van der Waals surface area contributed by atoms with E-state index in [2.05, 4.69) is 20.9 Å². The van der Waals surface area contributed by atoms with Gasteiger partial charge in [0.05, 0.1) is 29.5 Å². The molecule has 35 heavy (non-hydrogen) atoms. The number of carbonyl (C=O) groups excluding carboxylic acids is 2. The summed E-state index contributed by atoms with van der Waals surface area (Å²) < 4.78 is 21.6. The van der Waals surface area contributed by atoms with Gasteiger partial charge < -0.3 is 24.4 Å². The Morgan fingerprint density at radius 2 is 2.00 bits per heavy atom. The van der Waals surface area contributed by atoms with Crippen LogP contribution in [0.15, 0.2) is 59.1 Å². The monoisotopic (exact) mass is 543 g/mol. The van der Waals surface area contributed by atoms with Gasteiger partial charge in [0.15, 0.2) is 11.5 Å². The highest BCUT2D eigenvalue weighted by molar-refractivity contribution is 9.10. The molecule has 1 unspecified atom stereocenters. The number of hydrogen-bond acceptors (Lipinski definition) is 6. The Morgan fingerprint density at radius 1 is 1.23 bits per heavy atom. The molecule has 182 valence electrons. The number of phenols is 1. The number of halogens is 2. The van der Waals surface area contributed by atoms with Gasteiger partial charge in [-0.15, -0.1) is 0 Å². The normalized spacial score (nSPS) is 17.3. The molecule has 1 amide bonds. The number of ether oxygens (including phenoxy) is 1. The molecule has 1 atom stereocenters. The summed E-state index contributed by atoms with van der Waals surface area (Å²) in [4.78, 5) is 31.6. The molecular weight excluding hydrogens is 521 g/mol. The number of rotatable bonds is 7. The molecule has 8 nitrogen and oxygen atoms in total. The van der Waals surface area contributed by atoms with Crippen molar-refractivity contribution in [2.45, 2.75) is 25.9 Å². The number of methoxy groups -OCH3 is 1. The minimum Gasteiger partial charge on any atom is -0.507 e. The lowest BCUT2D eigenvalue weighted by atomic mass is 9.94. The van der Waals surface area contributed by atoms with Gasteiger partial charge in [-0.2, -0.15) is 0 Å². The van der Waals surface area contributed by atoms with Crippen molar-refractivity contribution in [3.63, 3.8) is 0 Å². The number of imidazole rings is 1. The van der Waals surface area contributed by atoms with Crippen molar-refractivity contribution >= 4 is 33.4 Å². The predicted octanol–water partition coefficient (Wildman–Crippen LogP) is 4.32.